The average Bonchev–Trinajstić information content (AvgIpc) is 2.54. The van der Waals surface area contributed by atoms with Crippen molar-refractivity contribution < 1.29 is 14.6 Å². The number of carbonyl (C=O) groups is 1. The van der Waals surface area contributed by atoms with E-state index in [1.165, 1.54) is 0 Å². The molecule has 23 heavy (non-hydrogen) atoms. The van der Waals surface area contributed by atoms with Crippen molar-refractivity contribution in [2.24, 2.45) is 0 Å². The summed E-state index contributed by atoms with van der Waals surface area (Å²) in [5.74, 6) is 0.580. The first-order chi connectivity index (χ1) is 11.0. The van der Waals surface area contributed by atoms with Gasteiger partial charge < -0.3 is 15.2 Å². The Bertz CT molecular complexity index is 672. The first-order valence-corrected chi connectivity index (χ1v) is 8.03. The first-order valence-electron chi connectivity index (χ1n) is 7.24. The maximum atomic E-state index is 12.4. The van der Waals surface area contributed by atoms with Crippen molar-refractivity contribution in [2.45, 2.75) is 26.0 Å². The summed E-state index contributed by atoms with van der Waals surface area (Å²) >= 11 is 3.34. The molecule has 0 spiro atoms. The van der Waals surface area contributed by atoms with Crippen LogP contribution >= 0.6 is 15.9 Å². The summed E-state index contributed by atoms with van der Waals surface area (Å²) in [6, 6.07) is 9.16. The minimum atomic E-state index is -0.552. The van der Waals surface area contributed by atoms with E-state index in [0.717, 1.165) is 11.3 Å². The highest BCUT2D eigenvalue weighted by atomic mass is 79.9. The molecule has 0 radical (unpaired) electrons. The molecule has 0 aliphatic rings. The Hall–Kier alpha value is -1.92. The van der Waals surface area contributed by atoms with E-state index in [9.17, 15) is 9.90 Å². The summed E-state index contributed by atoms with van der Waals surface area (Å²) in [6.07, 6.45) is 1.38. The fourth-order valence-corrected chi connectivity index (χ4v) is 2.68. The Kier molecular flexibility index (Phi) is 6.12. The van der Waals surface area contributed by atoms with E-state index in [2.05, 4.69) is 26.2 Å². The Balaban J connectivity index is 2.09. The Morgan fingerprint density at radius 1 is 1.35 bits per heavy atom. The summed E-state index contributed by atoms with van der Waals surface area (Å²) in [4.78, 5) is 16.6. The van der Waals surface area contributed by atoms with Crippen molar-refractivity contribution in [3.8, 4) is 5.75 Å². The lowest BCUT2D eigenvalue weighted by Crippen LogP contribution is -2.25. The fourth-order valence-electron chi connectivity index (χ4n) is 2.19. The third-order valence-corrected chi connectivity index (χ3v) is 4.04. The number of rotatable bonds is 6. The Labute approximate surface area is 143 Å². The predicted octanol–water partition coefficient (Wildman–Crippen LogP) is 2.71. The van der Waals surface area contributed by atoms with Crippen LogP contribution in [0.1, 0.15) is 28.4 Å². The number of ether oxygens (including phenoxy) is 1. The average molecular weight is 379 g/mol. The highest BCUT2D eigenvalue weighted by Gasteiger charge is 2.16. The van der Waals surface area contributed by atoms with Crippen LogP contribution in [-0.4, -0.2) is 29.2 Å². The number of methoxy groups -OCH3 is 1. The topological polar surface area (TPSA) is 71.5 Å². The highest BCUT2D eigenvalue weighted by molar-refractivity contribution is 9.10. The van der Waals surface area contributed by atoms with E-state index in [1.807, 2.05) is 24.3 Å². The standard InChI is InChI=1S/C17H19BrN2O3/c1-11(21)9-15-14(7-8-19-16(15)18)17(22)20-10-12-3-5-13(23-2)6-4-12/h3-8,11,21H,9-10H2,1-2H3,(H,20,22). The molecule has 122 valence electrons. The first kappa shape index (κ1) is 17.4. The van der Waals surface area contributed by atoms with Crippen LogP contribution in [0.25, 0.3) is 0 Å². The van der Waals surface area contributed by atoms with Gasteiger partial charge in [0.1, 0.15) is 10.4 Å². The van der Waals surface area contributed by atoms with E-state index >= 15 is 0 Å². The van der Waals surface area contributed by atoms with Crippen molar-refractivity contribution in [3.05, 3.63) is 57.8 Å². The molecular weight excluding hydrogens is 360 g/mol. The number of aromatic nitrogens is 1. The summed E-state index contributed by atoms with van der Waals surface area (Å²) in [6.45, 7) is 2.09. The minimum Gasteiger partial charge on any atom is -0.497 e. The van der Waals surface area contributed by atoms with Gasteiger partial charge in [-0.25, -0.2) is 4.98 Å². The van der Waals surface area contributed by atoms with Gasteiger partial charge in [0.05, 0.1) is 13.2 Å². The van der Waals surface area contributed by atoms with Gasteiger partial charge in [-0.3, -0.25) is 4.79 Å². The molecule has 1 amide bonds. The Morgan fingerprint density at radius 3 is 2.65 bits per heavy atom. The minimum absolute atomic E-state index is 0.195. The second-order valence-electron chi connectivity index (χ2n) is 5.21. The third-order valence-electron chi connectivity index (χ3n) is 3.36. The molecule has 1 heterocycles. The van der Waals surface area contributed by atoms with E-state index in [-0.39, 0.29) is 5.91 Å². The number of amides is 1. The molecule has 0 saturated carbocycles. The second-order valence-corrected chi connectivity index (χ2v) is 5.96. The lowest BCUT2D eigenvalue weighted by Gasteiger charge is -2.13. The molecule has 0 aliphatic heterocycles. The molecule has 0 saturated heterocycles. The number of aliphatic hydroxyl groups is 1. The van der Waals surface area contributed by atoms with E-state index < -0.39 is 6.10 Å². The Morgan fingerprint density at radius 2 is 2.04 bits per heavy atom. The zero-order valence-electron chi connectivity index (χ0n) is 13.0. The zero-order chi connectivity index (χ0) is 16.8. The number of carbonyl (C=O) groups excluding carboxylic acids is 1. The molecule has 2 aromatic rings. The summed E-state index contributed by atoms with van der Waals surface area (Å²) in [5, 5.41) is 12.5. The number of hydrogen-bond donors (Lipinski definition) is 2. The van der Waals surface area contributed by atoms with Crippen molar-refractivity contribution >= 4 is 21.8 Å². The van der Waals surface area contributed by atoms with Crippen molar-refractivity contribution in [1.29, 1.82) is 0 Å². The fraction of sp³-hybridized carbons (Fsp3) is 0.294. The largest absolute Gasteiger partial charge is 0.497 e. The number of nitrogens with one attached hydrogen (secondary N) is 1. The maximum absolute atomic E-state index is 12.4. The van der Waals surface area contributed by atoms with Crippen LogP contribution in [0, 0.1) is 0 Å². The van der Waals surface area contributed by atoms with Crippen molar-refractivity contribution in [1.82, 2.24) is 10.3 Å². The zero-order valence-corrected chi connectivity index (χ0v) is 14.6. The van der Waals surface area contributed by atoms with Gasteiger partial charge in [0.2, 0.25) is 0 Å². The molecule has 0 bridgehead atoms. The second kappa shape index (κ2) is 8.08. The van der Waals surface area contributed by atoms with Crippen molar-refractivity contribution in [3.63, 3.8) is 0 Å². The maximum Gasteiger partial charge on any atom is 0.251 e. The molecule has 1 unspecified atom stereocenters. The van der Waals surface area contributed by atoms with Crippen LogP contribution in [0.5, 0.6) is 5.75 Å². The number of benzene rings is 1. The summed E-state index contributed by atoms with van der Waals surface area (Å²) < 4.78 is 5.69. The summed E-state index contributed by atoms with van der Waals surface area (Å²) in [5.41, 5.74) is 2.19. The van der Waals surface area contributed by atoms with E-state index in [4.69, 9.17) is 4.74 Å². The van der Waals surface area contributed by atoms with E-state index in [0.29, 0.717) is 28.7 Å². The van der Waals surface area contributed by atoms with Gasteiger partial charge in [-0.1, -0.05) is 12.1 Å². The normalized spacial score (nSPS) is 11.8. The molecule has 1 atom stereocenters. The predicted molar refractivity (Wildman–Crippen MR) is 91.5 cm³/mol. The van der Waals surface area contributed by atoms with E-state index in [1.54, 1.807) is 26.3 Å². The van der Waals surface area contributed by atoms with Crippen LogP contribution in [0.15, 0.2) is 41.1 Å². The summed E-state index contributed by atoms with van der Waals surface area (Å²) in [7, 11) is 1.61. The molecule has 5 nitrogen and oxygen atoms in total. The number of halogens is 1. The quantitative estimate of drug-likeness (QED) is 0.758. The van der Waals surface area contributed by atoms with Gasteiger partial charge in [0, 0.05) is 30.3 Å². The molecule has 0 aliphatic carbocycles. The molecular formula is C17H19BrN2O3. The number of aliphatic hydroxyl groups excluding tert-OH is 1. The van der Waals surface area contributed by atoms with Crippen LogP contribution in [0.3, 0.4) is 0 Å². The molecule has 1 aromatic heterocycles. The smallest absolute Gasteiger partial charge is 0.251 e. The molecule has 2 rings (SSSR count). The number of nitrogens with zero attached hydrogens (tertiary/aromatic N) is 1. The van der Waals surface area contributed by atoms with Crippen LogP contribution in [0.2, 0.25) is 0 Å². The highest BCUT2D eigenvalue weighted by Crippen LogP contribution is 2.20. The van der Waals surface area contributed by atoms with Gasteiger partial charge in [-0.05, 0) is 46.6 Å². The van der Waals surface area contributed by atoms with Crippen LogP contribution in [-0.2, 0) is 13.0 Å². The van der Waals surface area contributed by atoms with Gasteiger partial charge >= 0.3 is 0 Å². The molecule has 6 heteroatoms. The monoisotopic (exact) mass is 378 g/mol. The number of hydrogen-bond acceptors (Lipinski definition) is 4. The van der Waals surface area contributed by atoms with Gasteiger partial charge in [0.25, 0.3) is 5.91 Å². The SMILES string of the molecule is COc1ccc(CNC(=O)c2ccnc(Br)c2CC(C)O)cc1. The molecule has 1 aromatic carbocycles. The molecule has 2 N–H and O–H groups in total. The van der Waals surface area contributed by atoms with Crippen LogP contribution in [0.4, 0.5) is 0 Å². The van der Waals surface area contributed by atoms with Gasteiger partial charge in [-0.15, -0.1) is 0 Å². The lowest BCUT2D eigenvalue weighted by atomic mass is 10.0. The van der Waals surface area contributed by atoms with Gasteiger partial charge in [0.15, 0.2) is 0 Å². The van der Waals surface area contributed by atoms with Gasteiger partial charge in [-0.2, -0.15) is 0 Å². The molecule has 0 fully saturated rings. The van der Waals surface area contributed by atoms with Crippen molar-refractivity contribution in [2.75, 3.05) is 7.11 Å². The van der Waals surface area contributed by atoms with Crippen LogP contribution < -0.4 is 10.1 Å². The third kappa shape index (κ3) is 4.77. The number of pyridine rings is 1. The lowest BCUT2D eigenvalue weighted by molar-refractivity contribution is 0.0949.